The lowest BCUT2D eigenvalue weighted by atomic mass is 10.1. The average Bonchev–Trinajstić information content (AvgIpc) is 2.43. The summed E-state index contributed by atoms with van der Waals surface area (Å²) in [5, 5.41) is 9.34. The van der Waals surface area contributed by atoms with E-state index in [1.807, 2.05) is 0 Å². The third-order valence-electron chi connectivity index (χ3n) is 1.83. The molecule has 0 aliphatic carbocycles. The standard InChI is InChI=1S/C13H18O3/c1-10(6-7-14)8-11-4-5-12(15-2)13(9-11)16-3/h4-6,9,14H,7-8H2,1-3H3/b10-6+/i1D3,6D,7D2,8D2. The molecule has 0 bridgehead atoms. The molecule has 88 valence electrons. The molecule has 0 aliphatic rings. The molecule has 1 aromatic carbocycles. The Morgan fingerprint density at radius 2 is 2.25 bits per heavy atom. The highest BCUT2D eigenvalue weighted by atomic mass is 16.5. The molecule has 1 aromatic rings. The van der Waals surface area contributed by atoms with Crippen LogP contribution in [0.4, 0.5) is 0 Å². The summed E-state index contributed by atoms with van der Waals surface area (Å²) in [6.45, 7) is -6.43. The molecule has 0 fully saturated rings. The first-order chi connectivity index (χ1) is 10.8. The normalized spacial score (nSPS) is 21.9. The topological polar surface area (TPSA) is 38.7 Å². The van der Waals surface area contributed by atoms with Crippen LogP contribution in [0.25, 0.3) is 0 Å². The monoisotopic (exact) mass is 230 g/mol. The van der Waals surface area contributed by atoms with Gasteiger partial charge in [0.1, 0.15) is 0 Å². The van der Waals surface area contributed by atoms with Crippen LogP contribution in [-0.2, 0) is 6.37 Å². The van der Waals surface area contributed by atoms with Crippen molar-refractivity contribution in [3.05, 3.63) is 35.4 Å². The lowest BCUT2D eigenvalue weighted by Crippen LogP contribution is -1.94. The Morgan fingerprint density at radius 1 is 1.50 bits per heavy atom. The Labute approximate surface area is 108 Å². The maximum atomic E-state index is 9.34. The Balaban J connectivity index is 3.65. The quantitative estimate of drug-likeness (QED) is 0.788. The number of aliphatic hydroxyl groups is 1. The Kier molecular flexibility index (Phi) is 2.02. The summed E-state index contributed by atoms with van der Waals surface area (Å²) in [7, 11) is 2.70. The van der Waals surface area contributed by atoms with E-state index in [9.17, 15) is 5.11 Å². The van der Waals surface area contributed by atoms with Gasteiger partial charge in [0.15, 0.2) is 11.5 Å². The molecule has 3 heteroatoms. The lowest BCUT2D eigenvalue weighted by molar-refractivity contribution is 0.341. The average molecular weight is 230 g/mol. The highest BCUT2D eigenvalue weighted by Gasteiger charge is 2.04. The van der Waals surface area contributed by atoms with Crippen LogP contribution in [0, 0.1) is 0 Å². The highest BCUT2D eigenvalue weighted by Crippen LogP contribution is 2.28. The van der Waals surface area contributed by atoms with Crippen LogP contribution in [0.15, 0.2) is 29.8 Å². The van der Waals surface area contributed by atoms with Gasteiger partial charge in [0, 0.05) is 6.85 Å². The van der Waals surface area contributed by atoms with Gasteiger partial charge in [-0.1, -0.05) is 17.7 Å². The van der Waals surface area contributed by atoms with E-state index in [0.29, 0.717) is 5.75 Å². The summed E-state index contributed by atoms with van der Waals surface area (Å²) >= 11 is 0. The molecular formula is C13H18O3. The summed E-state index contributed by atoms with van der Waals surface area (Å²) in [5.41, 5.74) is -1.32. The number of benzene rings is 1. The van der Waals surface area contributed by atoms with Gasteiger partial charge >= 0.3 is 0 Å². The second kappa shape index (κ2) is 6.18. The zero-order chi connectivity index (χ0) is 18.9. The third kappa shape index (κ3) is 3.28. The summed E-state index contributed by atoms with van der Waals surface area (Å²) in [6.07, 6.45) is -2.75. The number of ether oxygens (including phenoxy) is 2. The van der Waals surface area contributed by atoms with E-state index in [4.69, 9.17) is 20.4 Å². The number of allylic oxidation sites excluding steroid dienone is 1. The molecule has 0 atom stereocenters. The zero-order valence-corrected chi connectivity index (χ0v) is 9.00. The van der Waals surface area contributed by atoms with Crippen molar-refractivity contribution >= 4 is 0 Å². The van der Waals surface area contributed by atoms with Crippen molar-refractivity contribution in [2.45, 2.75) is 13.2 Å². The van der Waals surface area contributed by atoms with Gasteiger partial charge in [-0.15, -0.1) is 0 Å². The van der Waals surface area contributed by atoms with Crippen LogP contribution in [0.1, 0.15) is 23.4 Å². The van der Waals surface area contributed by atoms with Gasteiger partial charge in [0.25, 0.3) is 0 Å². The van der Waals surface area contributed by atoms with Crippen LogP contribution in [0.5, 0.6) is 11.5 Å². The molecule has 0 saturated carbocycles. The van der Waals surface area contributed by atoms with Crippen molar-refractivity contribution in [1.29, 1.82) is 0 Å². The van der Waals surface area contributed by atoms with Crippen molar-refractivity contribution in [2.75, 3.05) is 20.8 Å². The number of hydrogen-bond donors (Lipinski definition) is 1. The van der Waals surface area contributed by atoms with Gasteiger partial charge in [-0.25, -0.2) is 0 Å². The minimum absolute atomic E-state index is 0.141. The number of methoxy groups -OCH3 is 2. The summed E-state index contributed by atoms with van der Waals surface area (Å²) < 4.78 is 70.7. The second-order valence-electron chi connectivity index (χ2n) is 2.81. The molecule has 1 N–H and O–H groups in total. The molecule has 0 aromatic heterocycles. The van der Waals surface area contributed by atoms with Gasteiger partial charge < -0.3 is 14.6 Å². The molecule has 0 heterocycles. The first kappa shape index (κ1) is 5.23. The van der Waals surface area contributed by atoms with E-state index in [1.165, 1.54) is 32.4 Å². The van der Waals surface area contributed by atoms with Crippen LogP contribution < -0.4 is 9.47 Å². The second-order valence-corrected chi connectivity index (χ2v) is 2.81. The van der Waals surface area contributed by atoms with Crippen LogP contribution in [0.2, 0.25) is 0 Å². The fraction of sp³-hybridized carbons (Fsp3) is 0.385. The van der Waals surface area contributed by atoms with Crippen molar-refractivity contribution in [2.24, 2.45) is 0 Å². The van der Waals surface area contributed by atoms with Gasteiger partial charge in [-0.3, -0.25) is 0 Å². The van der Waals surface area contributed by atoms with Gasteiger partial charge in [-0.2, -0.15) is 0 Å². The first-order valence-corrected chi connectivity index (χ1v) is 4.44. The molecule has 0 radical (unpaired) electrons. The van der Waals surface area contributed by atoms with Crippen molar-refractivity contribution < 1.29 is 25.5 Å². The minimum atomic E-state index is -3.30. The smallest absolute Gasteiger partial charge is 0.160 e. The molecule has 0 saturated heterocycles. The SMILES string of the molecule is [2H]/C(=C(/C([2H])([2H])[2H])C([2H])([2H])c1ccc(OC)c(OC)c1)C([2H])([2H])O. The molecule has 16 heavy (non-hydrogen) atoms. The lowest BCUT2D eigenvalue weighted by Gasteiger charge is -2.09. The van der Waals surface area contributed by atoms with E-state index >= 15 is 0 Å². The Morgan fingerprint density at radius 3 is 2.81 bits per heavy atom. The minimum Gasteiger partial charge on any atom is -0.493 e. The largest absolute Gasteiger partial charge is 0.493 e. The predicted molar refractivity (Wildman–Crippen MR) is 64.1 cm³/mol. The third-order valence-corrected chi connectivity index (χ3v) is 1.83. The molecular weight excluding hydrogens is 204 g/mol. The van der Waals surface area contributed by atoms with Crippen LogP contribution in [0.3, 0.4) is 0 Å². The van der Waals surface area contributed by atoms with Gasteiger partial charge in [-0.05, 0) is 30.9 Å². The van der Waals surface area contributed by atoms with E-state index < -0.39 is 31.4 Å². The predicted octanol–water partition coefficient (Wildman–Crippen LogP) is 2.18. The van der Waals surface area contributed by atoms with Crippen molar-refractivity contribution in [3.8, 4) is 11.5 Å². The molecule has 3 nitrogen and oxygen atoms in total. The van der Waals surface area contributed by atoms with Gasteiger partial charge in [0.2, 0.25) is 0 Å². The maximum Gasteiger partial charge on any atom is 0.160 e. The van der Waals surface area contributed by atoms with E-state index in [1.54, 1.807) is 0 Å². The fourth-order valence-corrected chi connectivity index (χ4v) is 1.15. The molecule has 0 unspecified atom stereocenters. The maximum absolute atomic E-state index is 9.34. The molecule has 0 aliphatic heterocycles. The molecule has 1 rings (SSSR count). The number of hydrogen-bond acceptors (Lipinski definition) is 3. The van der Waals surface area contributed by atoms with E-state index in [0.717, 1.165) is 0 Å². The summed E-state index contributed by atoms with van der Waals surface area (Å²) in [5.74, 6) is 0.433. The van der Waals surface area contributed by atoms with Gasteiger partial charge in [0.05, 0.1) is 24.9 Å². The Hall–Kier alpha value is -1.48. The van der Waals surface area contributed by atoms with Crippen LogP contribution in [-0.4, -0.2) is 25.9 Å². The number of rotatable bonds is 5. The van der Waals surface area contributed by atoms with Crippen molar-refractivity contribution in [3.63, 3.8) is 0 Å². The summed E-state index contributed by atoms with van der Waals surface area (Å²) in [6, 6.07) is 2.46. The molecule has 0 spiro atoms. The van der Waals surface area contributed by atoms with E-state index in [2.05, 4.69) is 0 Å². The van der Waals surface area contributed by atoms with Crippen molar-refractivity contribution in [1.82, 2.24) is 0 Å². The summed E-state index contributed by atoms with van der Waals surface area (Å²) in [4.78, 5) is 0. The Bertz CT molecular complexity index is 631. The fourth-order valence-electron chi connectivity index (χ4n) is 1.15. The molecule has 0 amide bonds. The van der Waals surface area contributed by atoms with E-state index in [-0.39, 0.29) is 11.3 Å². The first-order valence-electron chi connectivity index (χ1n) is 8.44. The highest BCUT2D eigenvalue weighted by molar-refractivity contribution is 5.43. The van der Waals surface area contributed by atoms with Crippen LogP contribution >= 0.6 is 0 Å². The zero-order valence-electron chi connectivity index (χ0n) is 17.0.